The third-order valence-corrected chi connectivity index (χ3v) is 4.79. The van der Waals surface area contributed by atoms with Gasteiger partial charge in [0.15, 0.2) is 11.5 Å². The summed E-state index contributed by atoms with van der Waals surface area (Å²) in [6, 6.07) is 4.01. The second-order valence-electron chi connectivity index (χ2n) is 4.55. The van der Waals surface area contributed by atoms with Gasteiger partial charge in [-0.15, -0.1) is 0 Å². The Labute approximate surface area is 133 Å². The van der Waals surface area contributed by atoms with Crippen LogP contribution in [0.2, 0.25) is 0 Å². The molecule has 1 atom stereocenters. The van der Waals surface area contributed by atoms with Crippen molar-refractivity contribution >= 4 is 31.9 Å². The highest BCUT2D eigenvalue weighted by Gasteiger charge is 2.15. The summed E-state index contributed by atoms with van der Waals surface area (Å²) in [5.74, 6) is 1.53. The van der Waals surface area contributed by atoms with Crippen LogP contribution >= 0.6 is 31.9 Å². The first-order valence-corrected chi connectivity index (χ1v) is 8.40. The zero-order valence-corrected chi connectivity index (χ0v) is 15.0. The second kappa shape index (κ2) is 8.85. The minimum Gasteiger partial charge on any atom is -0.493 e. The molecule has 1 aromatic carbocycles. The van der Waals surface area contributed by atoms with Gasteiger partial charge in [-0.05, 0) is 24.1 Å². The molecule has 4 heteroatoms. The summed E-state index contributed by atoms with van der Waals surface area (Å²) in [7, 11) is 3.32. The number of rotatable bonds is 8. The molecule has 2 nitrogen and oxygen atoms in total. The molecule has 0 aliphatic rings. The van der Waals surface area contributed by atoms with E-state index < -0.39 is 0 Å². The van der Waals surface area contributed by atoms with E-state index in [1.165, 1.54) is 31.2 Å². The number of hydrogen-bond acceptors (Lipinski definition) is 2. The van der Waals surface area contributed by atoms with E-state index in [1.54, 1.807) is 14.2 Å². The monoisotopic (exact) mass is 392 g/mol. The fourth-order valence-electron chi connectivity index (χ4n) is 2.02. The van der Waals surface area contributed by atoms with Crippen molar-refractivity contribution < 1.29 is 9.47 Å². The van der Waals surface area contributed by atoms with Crippen molar-refractivity contribution in [3.63, 3.8) is 0 Å². The van der Waals surface area contributed by atoms with E-state index >= 15 is 0 Å². The van der Waals surface area contributed by atoms with E-state index in [0.29, 0.717) is 4.83 Å². The number of ether oxygens (including phenoxy) is 2. The lowest BCUT2D eigenvalue weighted by Gasteiger charge is -2.16. The highest BCUT2D eigenvalue weighted by molar-refractivity contribution is 9.11. The summed E-state index contributed by atoms with van der Waals surface area (Å²) in [6.07, 6.45) is 6.25. The molecule has 0 aromatic heterocycles. The molecule has 19 heavy (non-hydrogen) atoms. The van der Waals surface area contributed by atoms with Gasteiger partial charge in [0.2, 0.25) is 0 Å². The molecule has 0 saturated carbocycles. The lowest BCUT2D eigenvalue weighted by molar-refractivity contribution is 0.354. The van der Waals surface area contributed by atoms with Crippen LogP contribution in [0.25, 0.3) is 0 Å². The second-order valence-corrected chi connectivity index (χ2v) is 6.51. The molecule has 1 aromatic rings. The van der Waals surface area contributed by atoms with Crippen LogP contribution in [0.5, 0.6) is 11.5 Å². The summed E-state index contributed by atoms with van der Waals surface area (Å²) in [5.41, 5.74) is 1.22. The van der Waals surface area contributed by atoms with Crippen LogP contribution in [-0.2, 0) is 0 Å². The Morgan fingerprint density at radius 1 is 1.05 bits per heavy atom. The molecular formula is C15H22Br2O2. The summed E-state index contributed by atoms with van der Waals surface area (Å²) in [6.45, 7) is 2.23. The maximum atomic E-state index is 5.36. The lowest BCUT2D eigenvalue weighted by Crippen LogP contribution is -1.97. The predicted octanol–water partition coefficient (Wildman–Crippen LogP) is 5.87. The molecule has 0 bridgehead atoms. The van der Waals surface area contributed by atoms with Crippen LogP contribution in [0.3, 0.4) is 0 Å². The molecule has 0 saturated heterocycles. The maximum absolute atomic E-state index is 5.36. The lowest BCUT2D eigenvalue weighted by atomic mass is 10.0. The van der Waals surface area contributed by atoms with Crippen LogP contribution in [0.15, 0.2) is 16.6 Å². The molecule has 108 valence electrons. The minimum absolute atomic E-state index is 0.346. The molecule has 0 spiro atoms. The van der Waals surface area contributed by atoms with Crippen molar-refractivity contribution in [3.05, 3.63) is 22.2 Å². The van der Waals surface area contributed by atoms with Crippen LogP contribution in [0.4, 0.5) is 0 Å². The van der Waals surface area contributed by atoms with E-state index in [1.807, 2.05) is 12.1 Å². The largest absolute Gasteiger partial charge is 0.493 e. The first-order chi connectivity index (χ1) is 9.13. The average molecular weight is 394 g/mol. The fourth-order valence-corrected chi connectivity index (χ4v) is 3.62. The van der Waals surface area contributed by atoms with Gasteiger partial charge in [0.1, 0.15) is 0 Å². The van der Waals surface area contributed by atoms with Gasteiger partial charge in [-0.2, -0.15) is 0 Å². The van der Waals surface area contributed by atoms with Crippen LogP contribution < -0.4 is 9.47 Å². The van der Waals surface area contributed by atoms with E-state index in [9.17, 15) is 0 Å². The van der Waals surface area contributed by atoms with Gasteiger partial charge in [-0.1, -0.05) is 64.5 Å². The zero-order valence-electron chi connectivity index (χ0n) is 11.8. The van der Waals surface area contributed by atoms with Gasteiger partial charge in [-0.3, -0.25) is 0 Å². The molecule has 0 heterocycles. The summed E-state index contributed by atoms with van der Waals surface area (Å²) in [5, 5.41) is 0. The number of alkyl halides is 1. The average Bonchev–Trinajstić information content (AvgIpc) is 2.42. The van der Waals surface area contributed by atoms with Crippen LogP contribution in [0.1, 0.15) is 49.4 Å². The molecule has 1 unspecified atom stereocenters. The minimum atomic E-state index is 0.346. The predicted molar refractivity (Wildman–Crippen MR) is 87.7 cm³/mol. The molecule has 0 aliphatic heterocycles. The number of unbranched alkanes of at least 4 members (excludes halogenated alkanes) is 3. The Bertz CT molecular complexity index is 394. The van der Waals surface area contributed by atoms with Crippen molar-refractivity contribution in [2.24, 2.45) is 0 Å². The van der Waals surface area contributed by atoms with Crippen LogP contribution in [-0.4, -0.2) is 14.2 Å². The number of hydrogen-bond donors (Lipinski definition) is 0. The summed E-state index contributed by atoms with van der Waals surface area (Å²) < 4.78 is 11.7. The van der Waals surface area contributed by atoms with E-state index in [4.69, 9.17) is 9.47 Å². The molecule has 1 rings (SSSR count). The Morgan fingerprint density at radius 3 is 2.26 bits per heavy atom. The topological polar surface area (TPSA) is 18.5 Å². The van der Waals surface area contributed by atoms with Gasteiger partial charge in [-0.25, -0.2) is 0 Å². The number of methoxy groups -OCH3 is 2. The molecular weight excluding hydrogens is 372 g/mol. The molecule has 0 amide bonds. The van der Waals surface area contributed by atoms with E-state index in [0.717, 1.165) is 22.4 Å². The van der Waals surface area contributed by atoms with Gasteiger partial charge in [0, 0.05) is 9.30 Å². The molecule has 0 aliphatic carbocycles. The number of benzene rings is 1. The van der Waals surface area contributed by atoms with Crippen molar-refractivity contribution in [3.8, 4) is 11.5 Å². The normalized spacial score (nSPS) is 12.3. The standard InChI is InChI=1S/C15H22Br2O2/c1-4-5-6-7-8-12(16)11-9-14(18-2)15(19-3)10-13(11)17/h9-10,12H,4-8H2,1-3H3. The summed E-state index contributed by atoms with van der Waals surface area (Å²) in [4.78, 5) is 0.346. The highest BCUT2D eigenvalue weighted by Crippen LogP contribution is 2.40. The van der Waals surface area contributed by atoms with E-state index in [-0.39, 0.29) is 0 Å². The van der Waals surface area contributed by atoms with Gasteiger partial charge < -0.3 is 9.47 Å². The highest BCUT2D eigenvalue weighted by atomic mass is 79.9. The smallest absolute Gasteiger partial charge is 0.161 e. The van der Waals surface area contributed by atoms with E-state index in [2.05, 4.69) is 38.8 Å². The third kappa shape index (κ3) is 4.99. The van der Waals surface area contributed by atoms with Crippen molar-refractivity contribution in [1.82, 2.24) is 0 Å². The third-order valence-electron chi connectivity index (χ3n) is 3.15. The first kappa shape index (κ1) is 16.8. The Morgan fingerprint density at radius 2 is 1.68 bits per heavy atom. The molecule has 0 N–H and O–H groups in total. The van der Waals surface area contributed by atoms with Gasteiger partial charge in [0.05, 0.1) is 14.2 Å². The Hall–Kier alpha value is -0.220. The molecule has 0 radical (unpaired) electrons. The maximum Gasteiger partial charge on any atom is 0.161 e. The SMILES string of the molecule is CCCCCCC(Br)c1cc(OC)c(OC)cc1Br. The quantitative estimate of drug-likeness (QED) is 0.406. The van der Waals surface area contributed by atoms with Crippen molar-refractivity contribution in [1.29, 1.82) is 0 Å². The zero-order chi connectivity index (χ0) is 14.3. The van der Waals surface area contributed by atoms with Gasteiger partial charge >= 0.3 is 0 Å². The Balaban J connectivity index is 2.76. The van der Waals surface area contributed by atoms with Crippen molar-refractivity contribution in [2.75, 3.05) is 14.2 Å². The Kier molecular flexibility index (Phi) is 7.84. The molecule has 0 fully saturated rings. The fraction of sp³-hybridized carbons (Fsp3) is 0.600. The first-order valence-electron chi connectivity index (χ1n) is 6.69. The van der Waals surface area contributed by atoms with Crippen molar-refractivity contribution in [2.45, 2.75) is 43.9 Å². The number of halogens is 2. The van der Waals surface area contributed by atoms with Crippen LogP contribution in [0, 0.1) is 0 Å². The summed E-state index contributed by atoms with van der Waals surface area (Å²) >= 11 is 7.38. The van der Waals surface area contributed by atoms with Gasteiger partial charge in [0.25, 0.3) is 0 Å².